The van der Waals surface area contributed by atoms with Gasteiger partial charge in [-0.1, -0.05) is 22.0 Å². The minimum absolute atomic E-state index is 0.0388. The summed E-state index contributed by atoms with van der Waals surface area (Å²) in [6, 6.07) is 4.15. The van der Waals surface area contributed by atoms with Crippen LogP contribution in [0.2, 0.25) is 0 Å². The van der Waals surface area contributed by atoms with E-state index in [4.69, 9.17) is 5.73 Å². The molecule has 0 aliphatic heterocycles. The van der Waals surface area contributed by atoms with Crippen molar-refractivity contribution in [3.63, 3.8) is 0 Å². The van der Waals surface area contributed by atoms with E-state index in [1.807, 2.05) is 0 Å². The van der Waals surface area contributed by atoms with E-state index in [1.54, 1.807) is 12.1 Å². The van der Waals surface area contributed by atoms with Crippen molar-refractivity contribution < 1.29 is 4.92 Å². The Hall–Kier alpha value is -1.20. The van der Waals surface area contributed by atoms with Crippen LogP contribution in [0.5, 0.6) is 0 Å². The number of halogens is 1. The van der Waals surface area contributed by atoms with Gasteiger partial charge in [0.1, 0.15) is 0 Å². The van der Waals surface area contributed by atoms with Gasteiger partial charge in [0.2, 0.25) is 0 Å². The highest BCUT2D eigenvalue weighted by atomic mass is 79.9. The molecule has 0 amide bonds. The fraction of sp³-hybridized carbons (Fsp3) is 0.111. The Bertz CT molecular complexity index is 379. The van der Waals surface area contributed by atoms with E-state index in [1.165, 1.54) is 12.1 Å². The fourth-order valence-corrected chi connectivity index (χ4v) is 1.66. The second-order valence-electron chi connectivity index (χ2n) is 2.72. The third-order valence-corrected chi connectivity index (χ3v) is 2.49. The summed E-state index contributed by atoms with van der Waals surface area (Å²) in [5, 5.41) is 10.4. The standard InChI is InChI=1S/C9H9BrN2O2/c1-2-9(11)7-4-3-6(12(13)14)5-8(7)10/h2-5,9H,1,11H2. The molecule has 2 N–H and O–H groups in total. The predicted molar refractivity (Wildman–Crippen MR) is 57.9 cm³/mol. The van der Waals surface area contributed by atoms with E-state index >= 15 is 0 Å². The van der Waals surface area contributed by atoms with Gasteiger partial charge in [-0.2, -0.15) is 0 Å². The molecule has 0 heterocycles. The van der Waals surface area contributed by atoms with Gasteiger partial charge in [0.25, 0.3) is 5.69 Å². The Morgan fingerprint density at radius 3 is 2.71 bits per heavy atom. The van der Waals surface area contributed by atoms with Gasteiger partial charge in [-0.3, -0.25) is 10.1 Å². The van der Waals surface area contributed by atoms with Crippen LogP contribution >= 0.6 is 15.9 Å². The minimum Gasteiger partial charge on any atom is -0.321 e. The van der Waals surface area contributed by atoms with Gasteiger partial charge in [-0.25, -0.2) is 0 Å². The number of hydrogen-bond acceptors (Lipinski definition) is 3. The van der Waals surface area contributed by atoms with E-state index in [0.717, 1.165) is 5.56 Å². The van der Waals surface area contributed by atoms with Crippen LogP contribution in [0.4, 0.5) is 5.69 Å². The van der Waals surface area contributed by atoms with Gasteiger partial charge < -0.3 is 5.73 Å². The smallest absolute Gasteiger partial charge is 0.270 e. The summed E-state index contributed by atoms with van der Waals surface area (Å²) in [6.07, 6.45) is 1.58. The average Bonchev–Trinajstić information content (AvgIpc) is 2.16. The van der Waals surface area contributed by atoms with Crippen LogP contribution < -0.4 is 5.73 Å². The molecule has 0 spiro atoms. The lowest BCUT2D eigenvalue weighted by Crippen LogP contribution is -2.07. The number of non-ortho nitro benzene ring substituents is 1. The van der Waals surface area contributed by atoms with E-state index in [2.05, 4.69) is 22.5 Å². The van der Waals surface area contributed by atoms with Crippen molar-refractivity contribution in [1.82, 2.24) is 0 Å². The summed E-state index contributed by atoms with van der Waals surface area (Å²) in [5.41, 5.74) is 6.53. The van der Waals surface area contributed by atoms with Gasteiger partial charge in [0.05, 0.1) is 4.92 Å². The Morgan fingerprint density at radius 2 is 2.29 bits per heavy atom. The molecule has 5 heteroatoms. The third kappa shape index (κ3) is 2.18. The first-order valence-corrected chi connectivity index (χ1v) is 4.67. The van der Waals surface area contributed by atoms with Gasteiger partial charge in [-0.05, 0) is 11.6 Å². The Labute approximate surface area is 89.7 Å². The summed E-state index contributed by atoms with van der Waals surface area (Å²) < 4.78 is 0.624. The number of hydrogen-bond donors (Lipinski definition) is 1. The quantitative estimate of drug-likeness (QED) is 0.514. The minimum atomic E-state index is -0.450. The monoisotopic (exact) mass is 256 g/mol. The van der Waals surface area contributed by atoms with Crippen molar-refractivity contribution in [2.24, 2.45) is 5.73 Å². The fourth-order valence-electron chi connectivity index (χ4n) is 1.03. The van der Waals surface area contributed by atoms with Crippen molar-refractivity contribution in [3.05, 3.63) is 51.0 Å². The number of nitrogens with zero attached hydrogens (tertiary/aromatic N) is 1. The number of nitrogens with two attached hydrogens (primary N) is 1. The summed E-state index contributed by atoms with van der Waals surface area (Å²) in [7, 11) is 0. The van der Waals surface area contributed by atoms with Gasteiger partial charge >= 0.3 is 0 Å². The molecule has 14 heavy (non-hydrogen) atoms. The van der Waals surface area contributed by atoms with Crippen molar-refractivity contribution in [2.45, 2.75) is 6.04 Å². The van der Waals surface area contributed by atoms with Crippen LogP contribution in [0.3, 0.4) is 0 Å². The lowest BCUT2D eigenvalue weighted by Gasteiger charge is -2.08. The molecular formula is C9H9BrN2O2. The molecule has 1 aromatic carbocycles. The van der Waals surface area contributed by atoms with Gasteiger partial charge in [-0.15, -0.1) is 6.58 Å². The molecule has 0 radical (unpaired) electrons. The molecule has 0 bridgehead atoms. The van der Waals surface area contributed by atoms with Crippen molar-refractivity contribution in [3.8, 4) is 0 Å². The zero-order chi connectivity index (χ0) is 10.7. The first-order valence-electron chi connectivity index (χ1n) is 3.88. The number of nitro benzene ring substituents is 1. The largest absolute Gasteiger partial charge is 0.321 e. The van der Waals surface area contributed by atoms with E-state index in [9.17, 15) is 10.1 Å². The molecule has 1 atom stereocenters. The highest BCUT2D eigenvalue weighted by Gasteiger charge is 2.11. The molecule has 1 aromatic rings. The van der Waals surface area contributed by atoms with E-state index in [0.29, 0.717) is 4.47 Å². The van der Waals surface area contributed by atoms with Gasteiger partial charge in [0.15, 0.2) is 0 Å². The van der Waals surface area contributed by atoms with Crippen LogP contribution in [0.15, 0.2) is 35.3 Å². The summed E-state index contributed by atoms with van der Waals surface area (Å²) in [6.45, 7) is 3.56. The molecule has 0 aromatic heterocycles. The molecule has 0 saturated heterocycles. The number of benzene rings is 1. The Morgan fingerprint density at radius 1 is 1.64 bits per heavy atom. The van der Waals surface area contributed by atoms with Crippen LogP contribution in [-0.4, -0.2) is 4.92 Å². The van der Waals surface area contributed by atoms with Crippen LogP contribution in [0.25, 0.3) is 0 Å². The Balaban J connectivity index is 3.13. The summed E-state index contributed by atoms with van der Waals surface area (Å²) in [5.74, 6) is 0. The first kappa shape index (κ1) is 10.9. The maximum atomic E-state index is 10.4. The van der Waals surface area contributed by atoms with Crippen LogP contribution in [0.1, 0.15) is 11.6 Å². The third-order valence-electron chi connectivity index (χ3n) is 1.81. The zero-order valence-electron chi connectivity index (χ0n) is 7.31. The molecule has 0 fully saturated rings. The predicted octanol–water partition coefficient (Wildman–Crippen LogP) is 2.54. The number of rotatable bonds is 3. The average molecular weight is 257 g/mol. The maximum Gasteiger partial charge on any atom is 0.270 e. The first-order chi connectivity index (χ1) is 6.56. The van der Waals surface area contributed by atoms with Crippen molar-refractivity contribution >= 4 is 21.6 Å². The highest BCUT2D eigenvalue weighted by molar-refractivity contribution is 9.10. The van der Waals surface area contributed by atoms with Crippen molar-refractivity contribution in [1.29, 1.82) is 0 Å². The summed E-state index contributed by atoms with van der Waals surface area (Å²) in [4.78, 5) is 9.99. The molecule has 0 saturated carbocycles. The normalized spacial score (nSPS) is 12.1. The van der Waals surface area contributed by atoms with Crippen LogP contribution in [-0.2, 0) is 0 Å². The molecule has 0 aliphatic rings. The molecule has 74 valence electrons. The maximum absolute atomic E-state index is 10.4. The zero-order valence-corrected chi connectivity index (χ0v) is 8.90. The SMILES string of the molecule is C=CC(N)c1ccc([N+](=O)[O-])cc1Br. The summed E-state index contributed by atoms with van der Waals surface area (Å²) >= 11 is 3.22. The lowest BCUT2D eigenvalue weighted by molar-refractivity contribution is -0.384. The van der Waals surface area contributed by atoms with E-state index < -0.39 is 4.92 Å². The molecule has 0 aliphatic carbocycles. The molecule has 4 nitrogen and oxygen atoms in total. The number of nitro groups is 1. The van der Waals surface area contributed by atoms with Gasteiger partial charge in [0, 0.05) is 22.6 Å². The van der Waals surface area contributed by atoms with Crippen molar-refractivity contribution in [2.75, 3.05) is 0 Å². The highest BCUT2D eigenvalue weighted by Crippen LogP contribution is 2.26. The molecule has 1 unspecified atom stereocenters. The second-order valence-corrected chi connectivity index (χ2v) is 3.58. The molecule has 1 rings (SSSR count). The topological polar surface area (TPSA) is 69.2 Å². The Kier molecular flexibility index (Phi) is 3.38. The second kappa shape index (κ2) is 4.34. The molecular weight excluding hydrogens is 248 g/mol. The van der Waals surface area contributed by atoms with Crippen LogP contribution in [0, 0.1) is 10.1 Å². The lowest BCUT2D eigenvalue weighted by atomic mass is 10.1. The van der Waals surface area contributed by atoms with E-state index in [-0.39, 0.29) is 11.7 Å².